The Kier molecular flexibility index (Phi) is 3.43. The molecule has 2 nitrogen and oxygen atoms in total. The van der Waals surface area contributed by atoms with Crippen molar-refractivity contribution in [3.63, 3.8) is 0 Å². The molecule has 0 amide bonds. The minimum atomic E-state index is -0.291. The summed E-state index contributed by atoms with van der Waals surface area (Å²) in [5.74, 6) is -0.291. The highest BCUT2D eigenvalue weighted by atomic mass is 79.9. The van der Waals surface area contributed by atoms with Crippen LogP contribution in [0.3, 0.4) is 0 Å². The number of nitrogens with zero attached hydrogens (tertiary/aromatic N) is 1. The Morgan fingerprint density at radius 2 is 2.12 bits per heavy atom. The summed E-state index contributed by atoms with van der Waals surface area (Å²) in [7, 11) is 0. The predicted octanol–water partition coefficient (Wildman–Crippen LogP) is 3.18. The average molecular weight is 296 g/mol. The summed E-state index contributed by atoms with van der Waals surface area (Å²) in [6, 6.07) is 7.85. The number of hydrogen-bond donors (Lipinski definition) is 0. The molecule has 88 valence electrons. The summed E-state index contributed by atoms with van der Waals surface area (Å²) in [5, 5.41) is 0.488. The molecule has 1 aromatic heterocycles. The molecule has 0 fully saturated rings. The summed E-state index contributed by atoms with van der Waals surface area (Å²) in [5.41, 5.74) is 2.14. The SMILES string of the molecule is Cc1cc(=O)c(CBr)cn1-c1cccc(F)c1. The zero-order valence-corrected chi connectivity index (χ0v) is 10.9. The van der Waals surface area contributed by atoms with Crippen LogP contribution in [0, 0.1) is 12.7 Å². The number of halogens is 2. The Hall–Kier alpha value is -1.42. The van der Waals surface area contributed by atoms with Gasteiger partial charge in [-0.3, -0.25) is 4.79 Å². The van der Waals surface area contributed by atoms with E-state index in [1.807, 2.05) is 6.92 Å². The fraction of sp³-hybridized carbons (Fsp3) is 0.154. The first kappa shape index (κ1) is 12.0. The maximum atomic E-state index is 13.2. The molecule has 0 spiro atoms. The number of pyridine rings is 1. The molecule has 17 heavy (non-hydrogen) atoms. The van der Waals surface area contributed by atoms with E-state index in [1.54, 1.807) is 29.0 Å². The number of benzene rings is 1. The first-order valence-corrected chi connectivity index (χ1v) is 6.28. The summed E-state index contributed by atoms with van der Waals surface area (Å²) >= 11 is 3.27. The van der Waals surface area contributed by atoms with Crippen LogP contribution in [-0.4, -0.2) is 4.57 Å². The van der Waals surface area contributed by atoms with E-state index in [-0.39, 0.29) is 11.2 Å². The van der Waals surface area contributed by atoms with E-state index in [1.165, 1.54) is 12.1 Å². The summed E-state index contributed by atoms with van der Waals surface area (Å²) in [4.78, 5) is 11.6. The van der Waals surface area contributed by atoms with E-state index >= 15 is 0 Å². The minimum Gasteiger partial charge on any atom is -0.321 e. The lowest BCUT2D eigenvalue weighted by Gasteiger charge is -2.12. The zero-order chi connectivity index (χ0) is 12.4. The highest BCUT2D eigenvalue weighted by molar-refractivity contribution is 9.08. The molecule has 0 atom stereocenters. The van der Waals surface area contributed by atoms with E-state index in [4.69, 9.17) is 0 Å². The topological polar surface area (TPSA) is 22.0 Å². The zero-order valence-electron chi connectivity index (χ0n) is 9.28. The molecule has 0 bridgehead atoms. The van der Waals surface area contributed by atoms with Gasteiger partial charge in [0, 0.05) is 34.5 Å². The Labute approximate surface area is 107 Å². The fourth-order valence-electron chi connectivity index (χ4n) is 1.68. The van der Waals surface area contributed by atoms with Gasteiger partial charge in [0.25, 0.3) is 0 Å². The van der Waals surface area contributed by atoms with Gasteiger partial charge in [-0.25, -0.2) is 4.39 Å². The lowest BCUT2D eigenvalue weighted by molar-refractivity contribution is 0.626. The van der Waals surface area contributed by atoms with Gasteiger partial charge in [-0.05, 0) is 25.1 Å². The Bertz CT molecular complexity index is 607. The molecule has 2 rings (SSSR count). The van der Waals surface area contributed by atoms with Gasteiger partial charge in [0.05, 0.1) is 0 Å². The van der Waals surface area contributed by atoms with Gasteiger partial charge in [0.15, 0.2) is 5.43 Å². The molecule has 0 aliphatic heterocycles. The molecule has 0 aliphatic rings. The van der Waals surface area contributed by atoms with Crippen molar-refractivity contribution in [1.29, 1.82) is 0 Å². The van der Waals surface area contributed by atoms with Crippen LogP contribution in [0.2, 0.25) is 0 Å². The number of aromatic nitrogens is 1. The predicted molar refractivity (Wildman–Crippen MR) is 69.4 cm³/mol. The first-order valence-electron chi connectivity index (χ1n) is 5.16. The van der Waals surface area contributed by atoms with Crippen molar-refractivity contribution in [2.75, 3.05) is 0 Å². The van der Waals surface area contributed by atoms with Crippen LogP contribution in [0.1, 0.15) is 11.3 Å². The summed E-state index contributed by atoms with van der Waals surface area (Å²) in [6.45, 7) is 1.82. The van der Waals surface area contributed by atoms with Gasteiger partial charge in [0.1, 0.15) is 5.82 Å². The van der Waals surface area contributed by atoms with Crippen molar-refractivity contribution >= 4 is 15.9 Å². The van der Waals surface area contributed by atoms with Crippen molar-refractivity contribution in [2.45, 2.75) is 12.3 Å². The van der Waals surface area contributed by atoms with Crippen LogP contribution in [0.4, 0.5) is 4.39 Å². The third kappa shape index (κ3) is 2.47. The number of hydrogen-bond acceptors (Lipinski definition) is 1. The molecular formula is C13H11BrFNO. The molecule has 0 radical (unpaired) electrons. The van der Waals surface area contributed by atoms with Gasteiger partial charge in [-0.1, -0.05) is 22.0 Å². The second-order valence-corrected chi connectivity index (χ2v) is 4.35. The van der Waals surface area contributed by atoms with Crippen molar-refractivity contribution < 1.29 is 4.39 Å². The van der Waals surface area contributed by atoms with Crippen LogP contribution in [0.25, 0.3) is 5.69 Å². The highest BCUT2D eigenvalue weighted by Crippen LogP contribution is 2.13. The lowest BCUT2D eigenvalue weighted by Crippen LogP contribution is -2.12. The monoisotopic (exact) mass is 295 g/mol. The third-order valence-electron chi connectivity index (χ3n) is 2.55. The molecular weight excluding hydrogens is 285 g/mol. The Morgan fingerprint density at radius 3 is 2.76 bits per heavy atom. The van der Waals surface area contributed by atoms with Crippen LogP contribution >= 0.6 is 15.9 Å². The summed E-state index contributed by atoms with van der Waals surface area (Å²) in [6.07, 6.45) is 1.74. The number of aryl methyl sites for hydroxylation is 1. The van der Waals surface area contributed by atoms with E-state index < -0.39 is 0 Å². The molecule has 0 saturated heterocycles. The van der Waals surface area contributed by atoms with Gasteiger partial charge >= 0.3 is 0 Å². The molecule has 1 heterocycles. The van der Waals surface area contributed by atoms with Gasteiger partial charge in [-0.15, -0.1) is 0 Å². The largest absolute Gasteiger partial charge is 0.321 e. The van der Waals surface area contributed by atoms with Crippen LogP contribution in [0.5, 0.6) is 0 Å². The third-order valence-corrected chi connectivity index (χ3v) is 3.16. The normalized spacial score (nSPS) is 10.5. The molecule has 4 heteroatoms. The first-order chi connectivity index (χ1) is 8.11. The van der Waals surface area contributed by atoms with Gasteiger partial charge in [0.2, 0.25) is 0 Å². The molecule has 0 unspecified atom stereocenters. The van der Waals surface area contributed by atoms with E-state index in [2.05, 4.69) is 15.9 Å². The van der Waals surface area contributed by atoms with E-state index in [0.717, 1.165) is 5.69 Å². The maximum absolute atomic E-state index is 13.2. The molecule has 0 saturated carbocycles. The van der Waals surface area contributed by atoms with Crippen LogP contribution in [-0.2, 0) is 5.33 Å². The lowest BCUT2D eigenvalue weighted by atomic mass is 10.2. The average Bonchev–Trinajstić information content (AvgIpc) is 2.29. The van der Waals surface area contributed by atoms with E-state index in [9.17, 15) is 9.18 Å². The molecule has 2 aromatic rings. The van der Waals surface area contributed by atoms with Crippen LogP contribution < -0.4 is 5.43 Å². The van der Waals surface area contributed by atoms with Crippen LogP contribution in [0.15, 0.2) is 41.3 Å². The molecule has 0 N–H and O–H groups in total. The second-order valence-electron chi connectivity index (χ2n) is 3.79. The Balaban J connectivity index is 2.63. The Morgan fingerprint density at radius 1 is 1.35 bits per heavy atom. The minimum absolute atomic E-state index is 0.00738. The van der Waals surface area contributed by atoms with Crippen molar-refractivity contribution in [1.82, 2.24) is 4.57 Å². The fourth-order valence-corrected chi connectivity index (χ4v) is 2.10. The quantitative estimate of drug-likeness (QED) is 0.780. The van der Waals surface area contributed by atoms with Crippen molar-refractivity contribution in [2.24, 2.45) is 0 Å². The maximum Gasteiger partial charge on any atom is 0.185 e. The number of rotatable bonds is 2. The second kappa shape index (κ2) is 4.84. The number of alkyl halides is 1. The smallest absolute Gasteiger partial charge is 0.185 e. The highest BCUT2D eigenvalue weighted by Gasteiger charge is 2.05. The van der Waals surface area contributed by atoms with Gasteiger partial charge in [-0.2, -0.15) is 0 Å². The van der Waals surface area contributed by atoms with Gasteiger partial charge < -0.3 is 4.57 Å². The molecule has 1 aromatic carbocycles. The molecule has 0 aliphatic carbocycles. The standard InChI is InChI=1S/C13H11BrFNO/c1-9-5-13(17)10(7-14)8-16(9)12-4-2-3-11(15)6-12/h2-6,8H,7H2,1H3. The van der Waals surface area contributed by atoms with Crippen molar-refractivity contribution in [3.8, 4) is 5.69 Å². The van der Waals surface area contributed by atoms with E-state index in [0.29, 0.717) is 16.6 Å². The van der Waals surface area contributed by atoms with Crippen molar-refractivity contribution in [3.05, 3.63) is 63.8 Å². The summed E-state index contributed by atoms with van der Waals surface area (Å²) < 4.78 is 15.0.